The summed E-state index contributed by atoms with van der Waals surface area (Å²) < 4.78 is 5.28. The minimum absolute atomic E-state index is 0.188. The Morgan fingerprint density at radius 1 is 1.40 bits per heavy atom. The van der Waals surface area contributed by atoms with Crippen LogP contribution in [0.25, 0.3) is 0 Å². The topological polar surface area (TPSA) is 32.8 Å². The van der Waals surface area contributed by atoms with Gasteiger partial charge in [0.15, 0.2) is 0 Å². The quantitative estimate of drug-likeness (QED) is 0.510. The number of rotatable bonds is 0. The van der Waals surface area contributed by atoms with E-state index in [4.69, 9.17) is 4.74 Å². The van der Waals surface area contributed by atoms with Crippen molar-refractivity contribution in [1.82, 2.24) is 0 Å². The standard InChI is InChI=1S/C8H14O2/c1-8(2)3-5(9)7-6(4-8)10-7/h5-7,9H,3-4H2,1-2H3/t5-,6-,7+/m1/s1. The fourth-order valence-electron chi connectivity index (χ4n) is 1.97. The molecule has 0 radical (unpaired) electrons. The van der Waals surface area contributed by atoms with E-state index in [1.54, 1.807) is 0 Å². The van der Waals surface area contributed by atoms with Gasteiger partial charge >= 0.3 is 0 Å². The number of epoxide rings is 1. The highest BCUT2D eigenvalue weighted by molar-refractivity contribution is 5.00. The second-order valence-electron chi connectivity index (χ2n) is 4.28. The molecule has 2 aliphatic rings. The first kappa shape index (κ1) is 6.62. The van der Waals surface area contributed by atoms with Crippen molar-refractivity contribution in [2.75, 3.05) is 0 Å². The van der Waals surface area contributed by atoms with Crippen molar-refractivity contribution in [1.29, 1.82) is 0 Å². The molecular weight excluding hydrogens is 128 g/mol. The van der Waals surface area contributed by atoms with Gasteiger partial charge in [0.1, 0.15) is 6.10 Å². The van der Waals surface area contributed by atoms with Crippen LogP contribution in [0, 0.1) is 5.41 Å². The van der Waals surface area contributed by atoms with Crippen LogP contribution < -0.4 is 0 Å². The van der Waals surface area contributed by atoms with Crippen molar-refractivity contribution >= 4 is 0 Å². The Bertz CT molecular complexity index is 153. The van der Waals surface area contributed by atoms with Crippen LogP contribution in [0.1, 0.15) is 26.7 Å². The van der Waals surface area contributed by atoms with Crippen molar-refractivity contribution in [3.05, 3.63) is 0 Å². The highest BCUT2D eigenvalue weighted by atomic mass is 16.6. The van der Waals surface area contributed by atoms with E-state index in [1.807, 2.05) is 0 Å². The molecular formula is C8H14O2. The third kappa shape index (κ3) is 0.956. The first-order chi connectivity index (χ1) is 4.58. The number of hydrogen-bond donors (Lipinski definition) is 1. The van der Waals surface area contributed by atoms with Gasteiger partial charge in [-0.05, 0) is 18.3 Å². The molecule has 1 heterocycles. The number of aliphatic hydroxyl groups is 1. The molecule has 1 aliphatic carbocycles. The van der Waals surface area contributed by atoms with Gasteiger partial charge in [-0.2, -0.15) is 0 Å². The number of fused-ring (bicyclic) bond motifs is 1. The van der Waals surface area contributed by atoms with Crippen LogP contribution >= 0.6 is 0 Å². The molecule has 0 amide bonds. The summed E-state index contributed by atoms with van der Waals surface area (Å²) in [5, 5.41) is 9.43. The van der Waals surface area contributed by atoms with Crippen LogP contribution in [-0.2, 0) is 4.74 Å². The van der Waals surface area contributed by atoms with Gasteiger partial charge < -0.3 is 9.84 Å². The molecule has 1 N–H and O–H groups in total. The lowest BCUT2D eigenvalue weighted by atomic mass is 9.76. The molecule has 0 aromatic rings. The van der Waals surface area contributed by atoms with Gasteiger partial charge in [-0.25, -0.2) is 0 Å². The largest absolute Gasteiger partial charge is 0.390 e. The second kappa shape index (κ2) is 1.74. The number of hydrogen-bond acceptors (Lipinski definition) is 2. The fourth-order valence-corrected chi connectivity index (χ4v) is 1.97. The van der Waals surface area contributed by atoms with Crippen LogP contribution in [0.15, 0.2) is 0 Å². The molecule has 0 unspecified atom stereocenters. The molecule has 2 nitrogen and oxygen atoms in total. The molecule has 2 fully saturated rings. The van der Waals surface area contributed by atoms with Gasteiger partial charge in [-0.1, -0.05) is 13.8 Å². The summed E-state index contributed by atoms with van der Waals surface area (Å²) in [6.07, 6.45) is 2.38. The Hall–Kier alpha value is -0.0800. The first-order valence-electron chi connectivity index (χ1n) is 3.92. The van der Waals surface area contributed by atoms with E-state index < -0.39 is 0 Å². The molecule has 2 rings (SSSR count). The van der Waals surface area contributed by atoms with Crippen LogP contribution in [0.5, 0.6) is 0 Å². The SMILES string of the molecule is CC1(C)C[C@@H](O)[C@@H]2O[C@@H]2C1. The number of aliphatic hydroxyl groups excluding tert-OH is 1. The third-order valence-electron chi connectivity index (χ3n) is 2.52. The van der Waals surface area contributed by atoms with Crippen LogP contribution in [0.3, 0.4) is 0 Å². The maximum Gasteiger partial charge on any atom is 0.110 e. The Morgan fingerprint density at radius 2 is 2.10 bits per heavy atom. The molecule has 2 heteroatoms. The van der Waals surface area contributed by atoms with E-state index in [-0.39, 0.29) is 17.6 Å². The minimum Gasteiger partial charge on any atom is -0.390 e. The van der Waals surface area contributed by atoms with E-state index >= 15 is 0 Å². The molecule has 1 aliphatic heterocycles. The monoisotopic (exact) mass is 142 g/mol. The second-order valence-corrected chi connectivity index (χ2v) is 4.28. The summed E-state index contributed by atoms with van der Waals surface area (Å²) in [5.41, 5.74) is 0.289. The minimum atomic E-state index is -0.200. The van der Waals surface area contributed by atoms with Crippen molar-refractivity contribution < 1.29 is 9.84 Å². The maximum atomic E-state index is 9.43. The summed E-state index contributed by atoms with van der Waals surface area (Å²) in [4.78, 5) is 0. The lowest BCUT2D eigenvalue weighted by Crippen LogP contribution is -2.32. The average molecular weight is 142 g/mol. The molecule has 0 bridgehead atoms. The van der Waals surface area contributed by atoms with E-state index in [2.05, 4.69) is 13.8 Å². The molecule has 3 atom stereocenters. The first-order valence-corrected chi connectivity index (χ1v) is 3.92. The highest BCUT2D eigenvalue weighted by Gasteiger charge is 2.52. The van der Waals surface area contributed by atoms with Crippen molar-refractivity contribution in [3.8, 4) is 0 Å². The highest BCUT2D eigenvalue weighted by Crippen LogP contribution is 2.45. The molecule has 0 aromatic heterocycles. The summed E-state index contributed by atoms with van der Waals surface area (Å²) in [6, 6.07) is 0. The van der Waals surface area contributed by atoms with Gasteiger partial charge in [-0.15, -0.1) is 0 Å². The van der Waals surface area contributed by atoms with Crippen LogP contribution in [-0.4, -0.2) is 23.4 Å². The molecule has 1 saturated carbocycles. The predicted molar refractivity (Wildman–Crippen MR) is 37.7 cm³/mol. The van der Waals surface area contributed by atoms with Gasteiger partial charge in [0.25, 0.3) is 0 Å². The lowest BCUT2D eigenvalue weighted by Gasteiger charge is -2.29. The molecule has 1 saturated heterocycles. The zero-order valence-electron chi connectivity index (χ0n) is 6.50. The lowest BCUT2D eigenvalue weighted by molar-refractivity contribution is 0.0785. The van der Waals surface area contributed by atoms with Gasteiger partial charge in [0.05, 0.1) is 12.2 Å². The summed E-state index contributed by atoms with van der Waals surface area (Å²) in [5.74, 6) is 0. The summed E-state index contributed by atoms with van der Waals surface area (Å²) in [6.45, 7) is 4.38. The molecule has 0 aromatic carbocycles. The number of ether oxygens (including phenoxy) is 1. The zero-order valence-corrected chi connectivity index (χ0v) is 6.50. The van der Waals surface area contributed by atoms with Gasteiger partial charge in [0, 0.05) is 0 Å². The molecule has 10 heavy (non-hydrogen) atoms. The van der Waals surface area contributed by atoms with Gasteiger partial charge in [-0.3, -0.25) is 0 Å². The summed E-state index contributed by atoms with van der Waals surface area (Å²) in [7, 11) is 0. The smallest absolute Gasteiger partial charge is 0.110 e. The van der Waals surface area contributed by atoms with Crippen molar-refractivity contribution in [2.45, 2.75) is 45.0 Å². The van der Waals surface area contributed by atoms with E-state index in [1.165, 1.54) is 0 Å². The fraction of sp³-hybridized carbons (Fsp3) is 1.00. The molecule has 58 valence electrons. The van der Waals surface area contributed by atoms with E-state index in [0.717, 1.165) is 12.8 Å². The Labute approximate surface area is 61.2 Å². The normalized spacial score (nSPS) is 50.1. The van der Waals surface area contributed by atoms with Crippen molar-refractivity contribution in [2.24, 2.45) is 5.41 Å². The Kier molecular flexibility index (Phi) is 1.15. The Morgan fingerprint density at radius 3 is 2.70 bits per heavy atom. The zero-order chi connectivity index (χ0) is 7.35. The van der Waals surface area contributed by atoms with E-state index in [9.17, 15) is 5.11 Å². The predicted octanol–water partition coefficient (Wildman–Crippen LogP) is 0.935. The van der Waals surface area contributed by atoms with Gasteiger partial charge in [0.2, 0.25) is 0 Å². The third-order valence-corrected chi connectivity index (χ3v) is 2.52. The van der Waals surface area contributed by atoms with E-state index in [0.29, 0.717) is 6.10 Å². The average Bonchev–Trinajstić information content (AvgIpc) is 2.40. The van der Waals surface area contributed by atoms with Crippen molar-refractivity contribution in [3.63, 3.8) is 0 Å². The van der Waals surface area contributed by atoms with Crippen LogP contribution in [0.4, 0.5) is 0 Å². The van der Waals surface area contributed by atoms with Crippen LogP contribution in [0.2, 0.25) is 0 Å². The Balaban J connectivity index is 2.06. The maximum absolute atomic E-state index is 9.43. The molecule has 0 spiro atoms. The summed E-state index contributed by atoms with van der Waals surface area (Å²) >= 11 is 0.